The van der Waals surface area contributed by atoms with Gasteiger partial charge in [-0.3, -0.25) is 4.79 Å². The number of hydrogen-bond donors (Lipinski definition) is 0. The number of hydrogen-bond acceptors (Lipinski definition) is 4. The number of anilines is 1. The summed E-state index contributed by atoms with van der Waals surface area (Å²) in [5, 5.41) is 0. The van der Waals surface area contributed by atoms with Crippen molar-refractivity contribution in [3.8, 4) is 0 Å². The third-order valence-corrected chi connectivity index (χ3v) is 4.69. The molecule has 1 fully saturated rings. The number of fused-ring (bicyclic) bond motifs is 1. The molecule has 0 atom stereocenters. The van der Waals surface area contributed by atoms with Crippen molar-refractivity contribution in [2.75, 3.05) is 50.8 Å². The molecule has 130 valence electrons. The molecule has 24 heavy (non-hydrogen) atoms. The maximum Gasteiger partial charge on any atom is 0.409 e. The van der Waals surface area contributed by atoms with E-state index >= 15 is 0 Å². The van der Waals surface area contributed by atoms with Crippen LogP contribution in [0.1, 0.15) is 18.9 Å². The molecule has 0 spiro atoms. The standard InChI is InChI=1S/C18H25N3O3/c1-2-24-18(23)20-12-10-19(11-13-20)17(22)14-21-9-5-7-15-6-3-4-8-16(15)21/h3-4,6,8H,2,5,7,9-14H2,1H3. The Hall–Kier alpha value is -2.24. The zero-order valence-electron chi connectivity index (χ0n) is 14.2. The summed E-state index contributed by atoms with van der Waals surface area (Å²) in [7, 11) is 0. The summed E-state index contributed by atoms with van der Waals surface area (Å²) < 4.78 is 5.01. The van der Waals surface area contributed by atoms with E-state index in [0.29, 0.717) is 39.3 Å². The van der Waals surface area contributed by atoms with Crippen LogP contribution in [0.3, 0.4) is 0 Å². The van der Waals surface area contributed by atoms with Gasteiger partial charge in [0.2, 0.25) is 5.91 Å². The Morgan fingerprint density at radius 1 is 1.04 bits per heavy atom. The van der Waals surface area contributed by atoms with Gasteiger partial charge < -0.3 is 19.4 Å². The number of benzene rings is 1. The number of ether oxygens (including phenoxy) is 1. The molecule has 1 saturated heterocycles. The summed E-state index contributed by atoms with van der Waals surface area (Å²) in [4.78, 5) is 30.1. The van der Waals surface area contributed by atoms with Crippen molar-refractivity contribution in [3.05, 3.63) is 29.8 Å². The SMILES string of the molecule is CCOC(=O)N1CCN(C(=O)CN2CCCc3ccccc32)CC1. The molecule has 0 radical (unpaired) electrons. The summed E-state index contributed by atoms with van der Waals surface area (Å²) in [6, 6.07) is 8.32. The second-order valence-electron chi connectivity index (χ2n) is 6.22. The van der Waals surface area contributed by atoms with Crippen LogP contribution in [-0.2, 0) is 16.0 Å². The molecule has 0 saturated carbocycles. The molecule has 3 rings (SSSR count). The van der Waals surface area contributed by atoms with E-state index in [-0.39, 0.29) is 12.0 Å². The molecular formula is C18H25N3O3. The van der Waals surface area contributed by atoms with Gasteiger partial charge in [0.15, 0.2) is 0 Å². The summed E-state index contributed by atoms with van der Waals surface area (Å²) >= 11 is 0. The van der Waals surface area contributed by atoms with Gasteiger partial charge in [-0.1, -0.05) is 18.2 Å². The minimum absolute atomic E-state index is 0.134. The van der Waals surface area contributed by atoms with Crippen LogP contribution >= 0.6 is 0 Å². The summed E-state index contributed by atoms with van der Waals surface area (Å²) in [5.41, 5.74) is 2.51. The zero-order chi connectivity index (χ0) is 16.9. The summed E-state index contributed by atoms with van der Waals surface area (Å²) in [6.07, 6.45) is 1.88. The highest BCUT2D eigenvalue weighted by atomic mass is 16.6. The molecule has 1 aromatic carbocycles. The Balaban J connectivity index is 1.55. The molecule has 2 amide bonds. The maximum absolute atomic E-state index is 12.6. The zero-order valence-corrected chi connectivity index (χ0v) is 14.2. The number of nitrogens with zero attached hydrogens (tertiary/aromatic N) is 3. The normalized spacial score (nSPS) is 17.5. The topological polar surface area (TPSA) is 53.1 Å². The first-order valence-corrected chi connectivity index (χ1v) is 8.71. The first-order chi connectivity index (χ1) is 11.7. The molecule has 2 aliphatic rings. The van der Waals surface area contributed by atoms with Gasteiger partial charge >= 0.3 is 6.09 Å². The Labute approximate surface area is 143 Å². The molecule has 2 heterocycles. The Morgan fingerprint density at radius 2 is 1.75 bits per heavy atom. The molecule has 0 aliphatic carbocycles. The van der Waals surface area contributed by atoms with Crippen LogP contribution in [0.15, 0.2) is 24.3 Å². The molecule has 6 heteroatoms. The summed E-state index contributed by atoms with van der Waals surface area (Å²) in [5.74, 6) is 0.134. The average molecular weight is 331 g/mol. The lowest BCUT2D eigenvalue weighted by atomic mass is 10.0. The van der Waals surface area contributed by atoms with Gasteiger partial charge in [0.25, 0.3) is 0 Å². The highest BCUT2D eigenvalue weighted by Gasteiger charge is 2.27. The molecule has 0 bridgehead atoms. The molecule has 0 aromatic heterocycles. The van der Waals surface area contributed by atoms with Gasteiger partial charge in [0, 0.05) is 38.4 Å². The summed E-state index contributed by atoms with van der Waals surface area (Å²) in [6.45, 7) is 5.75. The van der Waals surface area contributed by atoms with Gasteiger partial charge in [-0.15, -0.1) is 0 Å². The number of carbonyl (C=O) groups excluding carboxylic acids is 2. The first kappa shape index (κ1) is 16.6. The van der Waals surface area contributed by atoms with Crippen LogP contribution in [0.25, 0.3) is 0 Å². The van der Waals surface area contributed by atoms with Crippen LogP contribution < -0.4 is 4.90 Å². The predicted molar refractivity (Wildman–Crippen MR) is 92.2 cm³/mol. The minimum atomic E-state index is -0.283. The Morgan fingerprint density at radius 3 is 2.50 bits per heavy atom. The lowest BCUT2D eigenvalue weighted by Crippen LogP contribution is -2.53. The molecule has 6 nitrogen and oxygen atoms in total. The molecule has 2 aliphatic heterocycles. The largest absolute Gasteiger partial charge is 0.450 e. The number of para-hydroxylation sites is 1. The first-order valence-electron chi connectivity index (χ1n) is 8.71. The minimum Gasteiger partial charge on any atom is -0.450 e. The number of rotatable bonds is 3. The quantitative estimate of drug-likeness (QED) is 0.847. The number of aryl methyl sites for hydroxylation is 1. The number of amides is 2. The Kier molecular flexibility index (Phi) is 5.23. The van der Waals surface area contributed by atoms with Crippen LogP contribution in [0.2, 0.25) is 0 Å². The number of carbonyl (C=O) groups is 2. The Bertz CT molecular complexity index is 597. The van der Waals surface area contributed by atoms with Crippen LogP contribution in [-0.4, -0.2) is 67.7 Å². The van der Waals surface area contributed by atoms with Crippen molar-refractivity contribution in [1.82, 2.24) is 9.80 Å². The van der Waals surface area contributed by atoms with E-state index in [9.17, 15) is 9.59 Å². The molecular weight excluding hydrogens is 306 g/mol. The third kappa shape index (κ3) is 3.63. The van der Waals surface area contributed by atoms with Crippen molar-refractivity contribution >= 4 is 17.7 Å². The van der Waals surface area contributed by atoms with Crippen molar-refractivity contribution in [3.63, 3.8) is 0 Å². The van der Waals surface area contributed by atoms with Gasteiger partial charge in [-0.2, -0.15) is 0 Å². The van der Waals surface area contributed by atoms with Crippen molar-refractivity contribution in [2.24, 2.45) is 0 Å². The van der Waals surface area contributed by atoms with Gasteiger partial charge in [0.1, 0.15) is 0 Å². The van der Waals surface area contributed by atoms with Crippen molar-refractivity contribution < 1.29 is 14.3 Å². The van der Waals surface area contributed by atoms with E-state index in [0.717, 1.165) is 19.4 Å². The van der Waals surface area contributed by atoms with E-state index in [1.165, 1.54) is 11.3 Å². The van der Waals surface area contributed by atoms with Gasteiger partial charge in [-0.25, -0.2) is 4.79 Å². The molecule has 0 unspecified atom stereocenters. The van der Waals surface area contributed by atoms with E-state index in [2.05, 4.69) is 23.1 Å². The van der Waals surface area contributed by atoms with E-state index in [4.69, 9.17) is 4.74 Å². The smallest absolute Gasteiger partial charge is 0.409 e. The average Bonchev–Trinajstić information content (AvgIpc) is 2.62. The predicted octanol–water partition coefficient (Wildman–Crippen LogP) is 1.74. The highest BCUT2D eigenvalue weighted by Crippen LogP contribution is 2.26. The van der Waals surface area contributed by atoms with Crippen molar-refractivity contribution in [1.29, 1.82) is 0 Å². The van der Waals surface area contributed by atoms with Crippen LogP contribution in [0.5, 0.6) is 0 Å². The monoisotopic (exact) mass is 331 g/mol. The fourth-order valence-corrected chi connectivity index (χ4v) is 3.39. The van der Waals surface area contributed by atoms with E-state index in [1.807, 2.05) is 11.0 Å². The van der Waals surface area contributed by atoms with E-state index < -0.39 is 0 Å². The second kappa shape index (κ2) is 7.55. The lowest BCUT2D eigenvalue weighted by Gasteiger charge is -2.36. The lowest BCUT2D eigenvalue weighted by molar-refractivity contribution is -0.131. The van der Waals surface area contributed by atoms with Gasteiger partial charge in [-0.05, 0) is 31.4 Å². The van der Waals surface area contributed by atoms with Gasteiger partial charge in [0.05, 0.1) is 13.2 Å². The fourth-order valence-electron chi connectivity index (χ4n) is 3.39. The third-order valence-electron chi connectivity index (χ3n) is 4.69. The fraction of sp³-hybridized carbons (Fsp3) is 0.556. The number of piperazine rings is 1. The highest BCUT2D eigenvalue weighted by molar-refractivity contribution is 5.82. The van der Waals surface area contributed by atoms with Crippen LogP contribution in [0, 0.1) is 0 Å². The van der Waals surface area contributed by atoms with Crippen molar-refractivity contribution in [2.45, 2.75) is 19.8 Å². The molecule has 1 aromatic rings. The van der Waals surface area contributed by atoms with E-state index in [1.54, 1.807) is 11.8 Å². The maximum atomic E-state index is 12.6. The second-order valence-corrected chi connectivity index (χ2v) is 6.22. The van der Waals surface area contributed by atoms with Crippen LogP contribution in [0.4, 0.5) is 10.5 Å². The molecule has 0 N–H and O–H groups in total.